The lowest BCUT2D eigenvalue weighted by molar-refractivity contribution is 0.573. The van der Waals surface area contributed by atoms with Gasteiger partial charge in [-0.3, -0.25) is 0 Å². The zero-order chi connectivity index (χ0) is 15.1. The molecular formula is C17H27N3S. The standard InChI is InChI=1S/C17H27N3S/c1-3-8-17-19-15-13-14(18)9-10-16(15)20(17)11-6-4-5-7-12-21-2/h9-10,13H,3-8,11-12,18H2,1-2H3. The third-order valence-corrected chi connectivity index (χ3v) is 4.50. The molecule has 0 unspecified atom stereocenters. The molecule has 0 aliphatic rings. The second-order valence-corrected chi connectivity index (χ2v) is 6.57. The fraction of sp³-hybridized carbons (Fsp3) is 0.588. The number of benzene rings is 1. The molecule has 0 radical (unpaired) electrons. The van der Waals surface area contributed by atoms with Crippen molar-refractivity contribution in [1.29, 1.82) is 0 Å². The molecule has 0 atom stereocenters. The van der Waals surface area contributed by atoms with E-state index in [1.807, 2.05) is 23.9 Å². The van der Waals surface area contributed by atoms with Crippen LogP contribution >= 0.6 is 11.8 Å². The Kier molecular flexibility index (Phi) is 6.43. The molecule has 0 saturated heterocycles. The van der Waals surface area contributed by atoms with Gasteiger partial charge in [0.25, 0.3) is 0 Å². The summed E-state index contributed by atoms with van der Waals surface area (Å²) >= 11 is 1.94. The molecule has 4 heteroatoms. The highest BCUT2D eigenvalue weighted by Crippen LogP contribution is 2.21. The maximum Gasteiger partial charge on any atom is 0.109 e. The fourth-order valence-corrected chi connectivity index (χ4v) is 3.22. The smallest absolute Gasteiger partial charge is 0.109 e. The molecule has 1 aromatic carbocycles. The van der Waals surface area contributed by atoms with E-state index in [-0.39, 0.29) is 0 Å². The number of rotatable bonds is 9. The lowest BCUT2D eigenvalue weighted by atomic mass is 10.2. The van der Waals surface area contributed by atoms with Crippen LogP contribution in [0.3, 0.4) is 0 Å². The summed E-state index contributed by atoms with van der Waals surface area (Å²) in [6, 6.07) is 6.09. The molecule has 1 aromatic heterocycles. The van der Waals surface area contributed by atoms with Crippen LogP contribution in [0, 0.1) is 0 Å². The van der Waals surface area contributed by atoms with Crippen LogP contribution in [0.4, 0.5) is 5.69 Å². The van der Waals surface area contributed by atoms with Gasteiger partial charge in [0, 0.05) is 18.7 Å². The Morgan fingerprint density at radius 1 is 1.19 bits per heavy atom. The molecule has 0 spiro atoms. The van der Waals surface area contributed by atoms with E-state index in [9.17, 15) is 0 Å². The van der Waals surface area contributed by atoms with E-state index >= 15 is 0 Å². The third kappa shape index (κ3) is 4.40. The zero-order valence-corrected chi connectivity index (χ0v) is 14.1. The van der Waals surface area contributed by atoms with Crippen molar-refractivity contribution in [2.75, 3.05) is 17.7 Å². The number of hydrogen-bond donors (Lipinski definition) is 1. The van der Waals surface area contributed by atoms with Gasteiger partial charge in [-0.05, 0) is 49.5 Å². The van der Waals surface area contributed by atoms with Gasteiger partial charge >= 0.3 is 0 Å². The van der Waals surface area contributed by atoms with Gasteiger partial charge in [-0.1, -0.05) is 19.8 Å². The van der Waals surface area contributed by atoms with Crippen molar-refractivity contribution in [3.05, 3.63) is 24.0 Å². The van der Waals surface area contributed by atoms with Crippen LogP contribution in [-0.4, -0.2) is 21.6 Å². The van der Waals surface area contributed by atoms with Crippen molar-refractivity contribution >= 4 is 28.5 Å². The molecule has 2 aromatic rings. The highest BCUT2D eigenvalue weighted by Gasteiger charge is 2.09. The average molecular weight is 305 g/mol. The minimum absolute atomic E-state index is 0.798. The monoisotopic (exact) mass is 305 g/mol. The Morgan fingerprint density at radius 2 is 2.00 bits per heavy atom. The van der Waals surface area contributed by atoms with Crippen LogP contribution in [0.1, 0.15) is 44.9 Å². The second kappa shape index (κ2) is 8.32. The van der Waals surface area contributed by atoms with E-state index in [4.69, 9.17) is 10.7 Å². The normalized spacial score (nSPS) is 11.3. The quantitative estimate of drug-likeness (QED) is 0.548. The molecule has 0 saturated carbocycles. The van der Waals surface area contributed by atoms with Gasteiger partial charge in [-0.2, -0.15) is 11.8 Å². The lowest BCUT2D eigenvalue weighted by Gasteiger charge is -2.09. The van der Waals surface area contributed by atoms with Crippen LogP contribution in [0.25, 0.3) is 11.0 Å². The topological polar surface area (TPSA) is 43.8 Å². The van der Waals surface area contributed by atoms with Crippen LogP contribution < -0.4 is 5.73 Å². The number of nitrogen functional groups attached to an aromatic ring is 1. The minimum Gasteiger partial charge on any atom is -0.399 e. The SMILES string of the molecule is CCCc1nc2cc(N)ccc2n1CCCCCCSC. The van der Waals surface area contributed by atoms with Crippen molar-refractivity contribution in [3.8, 4) is 0 Å². The van der Waals surface area contributed by atoms with Gasteiger partial charge in [0.15, 0.2) is 0 Å². The summed E-state index contributed by atoms with van der Waals surface area (Å²) in [6.45, 7) is 3.29. The fourth-order valence-electron chi connectivity index (χ4n) is 2.73. The molecule has 21 heavy (non-hydrogen) atoms. The number of nitrogens with zero attached hydrogens (tertiary/aromatic N) is 2. The lowest BCUT2D eigenvalue weighted by Crippen LogP contribution is -2.04. The Balaban J connectivity index is 2.04. The molecule has 0 aliphatic heterocycles. The van der Waals surface area contributed by atoms with E-state index in [0.29, 0.717) is 0 Å². The van der Waals surface area contributed by atoms with E-state index in [1.54, 1.807) is 0 Å². The molecule has 0 aliphatic carbocycles. The number of imidazole rings is 1. The number of fused-ring (bicyclic) bond motifs is 1. The largest absolute Gasteiger partial charge is 0.399 e. The number of anilines is 1. The molecule has 1 heterocycles. The van der Waals surface area contributed by atoms with Crippen molar-refractivity contribution in [1.82, 2.24) is 9.55 Å². The Hall–Kier alpha value is -1.16. The van der Waals surface area contributed by atoms with E-state index < -0.39 is 0 Å². The first-order chi connectivity index (χ1) is 10.3. The van der Waals surface area contributed by atoms with Crippen molar-refractivity contribution in [2.24, 2.45) is 0 Å². The predicted molar refractivity (Wildman–Crippen MR) is 95.0 cm³/mol. The first kappa shape index (κ1) is 16.2. The molecule has 0 fully saturated rings. The van der Waals surface area contributed by atoms with Crippen molar-refractivity contribution in [2.45, 2.75) is 52.0 Å². The van der Waals surface area contributed by atoms with Crippen LogP contribution in [-0.2, 0) is 13.0 Å². The molecule has 0 bridgehead atoms. The highest BCUT2D eigenvalue weighted by molar-refractivity contribution is 7.98. The summed E-state index contributed by atoms with van der Waals surface area (Å²) in [5.41, 5.74) is 8.95. The molecule has 3 nitrogen and oxygen atoms in total. The van der Waals surface area contributed by atoms with Crippen molar-refractivity contribution in [3.63, 3.8) is 0 Å². The van der Waals surface area contributed by atoms with Gasteiger partial charge in [-0.25, -0.2) is 4.98 Å². The molecule has 2 rings (SSSR count). The summed E-state index contributed by atoms with van der Waals surface area (Å²) in [5, 5.41) is 0. The number of aromatic nitrogens is 2. The van der Waals surface area contributed by atoms with Gasteiger partial charge in [-0.15, -0.1) is 0 Å². The number of hydrogen-bond acceptors (Lipinski definition) is 3. The number of unbranched alkanes of at least 4 members (excludes halogenated alkanes) is 3. The number of thioether (sulfide) groups is 1. The van der Waals surface area contributed by atoms with E-state index in [0.717, 1.165) is 30.6 Å². The van der Waals surface area contributed by atoms with Gasteiger partial charge in [0.2, 0.25) is 0 Å². The summed E-state index contributed by atoms with van der Waals surface area (Å²) in [5.74, 6) is 2.50. The summed E-state index contributed by atoms with van der Waals surface area (Å²) < 4.78 is 2.40. The predicted octanol–water partition coefficient (Wildman–Crippen LogP) is 4.49. The summed E-state index contributed by atoms with van der Waals surface area (Å²) in [7, 11) is 0. The zero-order valence-electron chi connectivity index (χ0n) is 13.3. The van der Waals surface area contributed by atoms with Gasteiger partial charge in [0.05, 0.1) is 11.0 Å². The Bertz CT molecular complexity index is 562. The third-order valence-electron chi connectivity index (χ3n) is 3.81. The molecule has 0 amide bonds. The molecule has 116 valence electrons. The van der Waals surface area contributed by atoms with Gasteiger partial charge < -0.3 is 10.3 Å². The minimum atomic E-state index is 0.798. The van der Waals surface area contributed by atoms with Crippen molar-refractivity contribution < 1.29 is 0 Å². The first-order valence-electron chi connectivity index (χ1n) is 7.99. The number of nitrogens with two attached hydrogens (primary N) is 1. The maximum absolute atomic E-state index is 5.87. The molecule has 2 N–H and O–H groups in total. The van der Waals surface area contributed by atoms with E-state index in [2.05, 4.69) is 23.8 Å². The molecular weight excluding hydrogens is 278 g/mol. The van der Waals surface area contributed by atoms with Gasteiger partial charge in [0.1, 0.15) is 5.82 Å². The second-order valence-electron chi connectivity index (χ2n) is 5.58. The number of aryl methyl sites for hydroxylation is 2. The summed E-state index contributed by atoms with van der Waals surface area (Å²) in [6.07, 6.45) is 9.57. The highest BCUT2D eigenvalue weighted by atomic mass is 32.2. The summed E-state index contributed by atoms with van der Waals surface area (Å²) in [4.78, 5) is 4.77. The Morgan fingerprint density at radius 3 is 2.76 bits per heavy atom. The Labute approximate surface area is 132 Å². The average Bonchev–Trinajstić information content (AvgIpc) is 2.80. The first-order valence-corrected chi connectivity index (χ1v) is 9.39. The van der Waals surface area contributed by atoms with Crippen LogP contribution in [0.15, 0.2) is 18.2 Å². The van der Waals surface area contributed by atoms with Crippen LogP contribution in [0.5, 0.6) is 0 Å². The van der Waals surface area contributed by atoms with Crippen LogP contribution in [0.2, 0.25) is 0 Å². The van der Waals surface area contributed by atoms with E-state index in [1.165, 1.54) is 42.8 Å². The maximum atomic E-state index is 5.87.